The highest BCUT2D eigenvalue weighted by Crippen LogP contribution is 2.22. The van der Waals surface area contributed by atoms with Crippen molar-refractivity contribution in [2.45, 2.75) is 91.7 Å². The Morgan fingerprint density at radius 1 is 0.800 bits per heavy atom. The van der Waals surface area contributed by atoms with Gasteiger partial charge < -0.3 is 13.3 Å². The molecule has 0 N–H and O–H groups in total. The Morgan fingerprint density at radius 3 is 1.90 bits per heavy atom. The molecule has 20 heavy (non-hydrogen) atoms. The van der Waals surface area contributed by atoms with Crippen molar-refractivity contribution in [3.8, 4) is 0 Å². The lowest BCUT2D eigenvalue weighted by Crippen LogP contribution is -2.48. The van der Waals surface area contributed by atoms with E-state index in [1.807, 2.05) is 13.8 Å². The average Bonchev–Trinajstić information content (AvgIpc) is 2.39. The Balaban J connectivity index is 4.18. The van der Waals surface area contributed by atoms with Crippen molar-refractivity contribution in [3.05, 3.63) is 0 Å². The Hall–Kier alpha value is 0.0969. The Bertz CT molecular complexity index is 195. The molecule has 0 aliphatic heterocycles. The molecule has 0 spiro atoms. The van der Waals surface area contributed by atoms with E-state index in [-0.39, 0.29) is 6.10 Å². The van der Waals surface area contributed by atoms with Crippen molar-refractivity contribution < 1.29 is 13.3 Å². The number of hydrogen-bond donors (Lipinski definition) is 0. The van der Waals surface area contributed by atoms with Crippen LogP contribution in [0.4, 0.5) is 0 Å². The van der Waals surface area contributed by atoms with Crippen molar-refractivity contribution in [1.82, 2.24) is 0 Å². The van der Waals surface area contributed by atoms with Gasteiger partial charge in [0, 0.05) is 25.4 Å². The van der Waals surface area contributed by atoms with Gasteiger partial charge in [0.2, 0.25) is 0 Å². The molecular weight excluding hydrogens is 268 g/mol. The fourth-order valence-electron chi connectivity index (χ4n) is 2.46. The van der Waals surface area contributed by atoms with Crippen molar-refractivity contribution in [2.75, 3.05) is 13.2 Å². The molecule has 1 atom stereocenters. The van der Waals surface area contributed by atoms with Gasteiger partial charge in [0.05, 0.1) is 0 Å². The molecule has 0 aliphatic carbocycles. The molecule has 0 saturated heterocycles. The average molecular weight is 305 g/mol. The van der Waals surface area contributed by atoms with Crippen molar-refractivity contribution in [2.24, 2.45) is 0 Å². The predicted octanol–water partition coefficient (Wildman–Crippen LogP) is 5.17. The summed E-state index contributed by atoms with van der Waals surface area (Å²) < 4.78 is 18.1. The SMILES string of the molecule is CCCCCCCC(C)O[Si](CCC)(OCC)OCC. The van der Waals surface area contributed by atoms with Crippen LogP contribution in [-0.2, 0) is 13.3 Å². The lowest BCUT2D eigenvalue weighted by Gasteiger charge is -2.31. The third-order valence-corrected chi connectivity index (χ3v) is 6.71. The van der Waals surface area contributed by atoms with E-state index in [0.717, 1.165) is 18.9 Å². The summed E-state index contributed by atoms with van der Waals surface area (Å²) in [7, 11) is -2.43. The maximum Gasteiger partial charge on any atom is 0.501 e. The molecule has 1 unspecified atom stereocenters. The quantitative estimate of drug-likeness (QED) is 0.327. The van der Waals surface area contributed by atoms with E-state index >= 15 is 0 Å². The first-order chi connectivity index (χ1) is 9.64. The van der Waals surface area contributed by atoms with Crippen LogP contribution in [0.25, 0.3) is 0 Å². The number of unbranched alkanes of at least 4 members (excludes halogenated alkanes) is 4. The van der Waals surface area contributed by atoms with Crippen LogP contribution in [0.2, 0.25) is 6.04 Å². The van der Waals surface area contributed by atoms with Gasteiger partial charge in [-0.2, -0.15) is 0 Å². The van der Waals surface area contributed by atoms with Gasteiger partial charge in [-0.15, -0.1) is 0 Å². The molecule has 122 valence electrons. The summed E-state index contributed by atoms with van der Waals surface area (Å²) in [5.41, 5.74) is 0. The van der Waals surface area contributed by atoms with Gasteiger partial charge >= 0.3 is 8.80 Å². The largest absolute Gasteiger partial charge is 0.501 e. The second-order valence-electron chi connectivity index (χ2n) is 5.43. The van der Waals surface area contributed by atoms with Crippen LogP contribution in [0.15, 0.2) is 0 Å². The Kier molecular flexibility index (Phi) is 12.9. The van der Waals surface area contributed by atoms with Gasteiger partial charge in [-0.25, -0.2) is 0 Å². The summed E-state index contributed by atoms with van der Waals surface area (Å²) in [5, 5.41) is 0. The molecule has 0 radical (unpaired) electrons. The van der Waals surface area contributed by atoms with Crippen molar-refractivity contribution >= 4 is 8.80 Å². The molecule has 0 heterocycles. The summed E-state index contributed by atoms with van der Waals surface area (Å²) >= 11 is 0. The van der Waals surface area contributed by atoms with Gasteiger partial charge in [0.1, 0.15) is 0 Å². The van der Waals surface area contributed by atoms with Gasteiger partial charge in [-0.3, -0.25) is 0 Å². The molecule has 0 aromatic carbocycles. The standard InChI is InChI=1S/C16H36O3Si/c1-6-10-11-12-13-14-16(5)19-20(15-7-2,17-8-3)18-9-4/h16H,6-15H2,1-5H3. The molecule has 0 saturated carbocycles. The van der Waals surface area contributed by atoms with Gasteiger partial charge in [0.15, 0.2) is 0 Å². The minimum atomic E-state index is -2.43. The van der Waals surface area contributed by atoms with Crippen molar-refractivity contribution in [3.63, 3.8) is 0 Å². The summed E-state index contributed by atoms with van der Waals surface area (Å²) in [6, 6.07) is 0.925. The lowest BCUT2D eigenvalue weighted by atomic mass is 10.1. The molecular formula is C16H36O3Si. The van der Waals surface area contributed by atoms with Crippen LogP contribution < -0.4 is 0 Å². The highest BCUT2D eigenvalue weighted by Gasteiger charge is 2.41. The number of hydrogen-bond acceptors (Lipinski definition) is 3. The topological polar surface area (TPSA) is 27.7 Å². The molecule has 3 nitrogen and oxygen atoms in total. The lowest BCUT2D eigenvalue weighted by molar-refractivity contribution is 0.0346. The Labute approximate surface area is 127 Å². The summed E-state index contributed by atoms with van der Waals surface area (Å²) in [6.45, 7) is 12.0. The van der Waals surface area contributed by atoms with E-state index in [2.05, 4.69) is 20.8 Å². The van der Waals surface area contributed by atoms with Crippen LogP contribution in [0.3, 0.4) is 0 Å². The van der Waals surface area contributed by atoms with Gasteiger partial charge in [-0.05, 0) is 27.2 Å². The van der Waals surface area contributed by atoms with Crippen LogP contribution in [0.1, 0.15) is 79.6 Å². The summed E-state index contributed by atoms with van der Waals surface area (Å²) in [6.07, 6.45) is 8.96. The second-order valence-corrected chi connectivity index (χ2v) is 8.11. The Morgan fingerprint density at radius 2 is 1.40 bits per heavy atom. The zero-order chi connectivity index (χ0) is 15.3. The fourth-order valence-corrected chi connectivity index (χ4v) is 5.31. The smallest absolute Gasteiger partial charge is 0.374 e. The zero-order valence-corrected chi connectivity index (χ0v) is 15.4. The molecule has 0 amide bonds. The monoisotopic (exact) mass is 304 g/mol. The van der Waals surface area contributed by atoms with Crippen molar-refractivity contribution in [1.29, 1.82) is 0 Å². The van der Waals surface area contributed by atoms with Crippen LogP contribution in [-0.4, -0.2) is 28.1 Å². The van der Waals surface area contributed by atoms with Crippen LogP contribution >= 0.6 is 0 Å². The van der Waals surface area contributed by atoms with Gasteiger partial charge in [-0.1, -0.05) is 52.4 Å². The molecule has 0 aromatic rings. The van der Waals surface area contributed by atoms with Crippen LogP contribution in [0, 0.1) is 0 Å². The second kappa shape index (κ2) is 12.8. The summed E-state index contributed by atoms with van der Waals surface area (Å²) in [4.78, 5) is 0. The normalized spacial score (nSPS) is 13.7. The first-order valence-corrected chi connectivity index (χ1v) is 10.5. The van der Waals surface area contributed by atoms with E-state index in [0.29, 0.717) is 13.2 Å². The van der Waals surface area contributed by atoms with Gasteiger partial charge in [0.25, 0.3) is 0 Å². The fraction of sp³-hybridized carbons (Fsp3) is 1.00. The van der Waals surface area contributed by atoms with E-state index in [1.165, 1.54) is 32.1 Å². The number of rotatable bonds is 14. The molecule has 0 rings (SSSR count). The first-order valence-electron chi connectivity index (χ1n) is 8.59. The first kappa shape index (κ1) is 20.1. The maximum atomic E-state index is 6.26. The van der Waals surface area contributed by atoms with E-state index in [1.54, 1.807) is 0 Å². The molecule has 0 bridgehead atoms. The minimum Gasteiger partial charge on any atom is -0.374 e. The van der Waals surface area contributed by atoms with E-state index in [9.17, 15) is 0 Å². The zero-order valence-electron chi connectivity index (χ0n) is 14.4. The van der Waals surface area contributed by atoms with Crippen LogP contribution in [0.5, 0.6) is 0 Å². The minimum absolute atomic E-state index is 0.243. The highest BCUT2D eigenvalue weighted by molar-refractivity contribution is 6.60. The maximum absolute atomic E-state index is 6.26. The molecule has 4 heteroatoms. The summed E-state index contributed by atoms with van der Waals surface area (Å²) in [5.74, 6) is 0. The third-order valence-electron chi connectivity index (χ3n) is 3.38. The third kappa shape index (κ3) is 9.11. The highest BCUT2D eigenvalue weighted by atomic mass is 28.4. The molecule has 0 aliphatic rings. The van der Waals surface area contributed by atoms with E-state index < -0.39 is 8.80 Å². The van der Waals surface area contributed by atoms with E-state index in [4.69, 9.17) is 13.3 Å². The predicted molar refractivity (Wildman–Crippen MR) is 88.0 cm³/mol. The molecule has 0 aromatic heterocycles. The molecule has 0 fully saturated rings.